The van der Waals surface area contributed by atoms with Crippen LogP contribution in [-0.4, -0.2) is 25.3 Å². The van der Waals surface area contributed by atoms with Crippen molar-refractivity contribution < 1.29 is 17.9 Å². The number of ether oxygens (including phenoxy) is 1. The van der Waals surface area contributed by atoms with Crippen molar-refractivity contribution in [3.05, 3.63) is 0 Å². The van der Waals surface area contributed by atoms with Gasteiger partial charge >= 0.3 is 6.18 Å². The van der Waals surface area contributed by atoms with E-state index in [1.54, 1.807) is 6.92 Å². The quantitative estimate of drug-likeness (QED) is 0.644. The van der Waals surface area contributed by atoms with Gasteiger partial charge in [0.05, 0.1) is 6.61 Å². The molecule has 1 unspecified atom stereocenters. The van der Waals surface area contributed by atoms with Gasteiger partial charge in [-0.05, 0) is 6.42 Å². The second-order valence-corrected chi connectivity index (χ2v) is 3.67. The summed E-state index contributed by atoms with van der Waals surface area (Å²) in [6.07, 6.45) is -3.55. The lowest BCUT2D eigenvalue weighted by molar-refractivity contribution is -0.179. The highest BCUT2D eigenvalue weighted by atomic mass is 35.5. The largest absolute Gasteiger partial charge is 0.411 e. The maximum atomic E-state index is 11.7. The Morgan fingerprint density at radius 2 is 1.77 bits per heavy atom. The first kappa shape index (κ1) is 13.0. The molecule has 13 heavy (non-hydrogen) atoms. The Balaban J connectivity index is 3.74. The molecule has 0 fully saturated rings. The molecule has 80 valence electrons. The predicted octanol–water partition coefficient (Wildman–Crippen LogP) is 3.22. The minimum absolute atomic E-state index is 0.0481. The van der Waals surface area contributed by atoms with Gasteiger partial charge < -0.3 is 4.74 Å². The Hall–Kier alpha value is 0.0400. The summed E-state index contributed by atoms with van der Waals surface area (Å²) in [5, 5.41) is 0. The zero-order chi connectivity index (χ0) is 10.5. The Morgan fingerprint density at radius 1 is 1.23 bits per heavy atom. The van der Waals surface area contributed by atoms with Gasteiger partial charge in [-0.1, -0.05) is 13.8 Å². The molecule has 1 nitrogen and oxygen atoms in total. The summed E-state index contributed by atoms with van der Waals surface area (Å²) < 4.78 is 39.6. The highest BCUT2D eigenvalue weighted by Crippen LogP contribution is 2.24. The highest BCUT2D eigenvalue weighted by molar-refractivity contribution is 6.18. The fourth-order valence-corrected chi connectivity index (χ4v) is 0.914. The van der Waals surface area contributed by atoms with E-state index in [9.17, 15) is 13.2 Å². The van der Waals surface area contributed by atoms with E-state index in [1.165, 1.54) is 0 Å². The standard InChI is InChI=1S/C8H14ClF3O/c1-3-7(2,4-9)5-13-6-8(10,11)12/h3-6H2,1-2H3. The van der Waals surface area contributed by atoms with Crippen LogP contribution in [0.2, 0.25) is 0 Å². The van der Waals surface area contributed by atoms with Crippen LogP contribution in [0.3, 0.4) is 0 Å². The van der Waals surface area contributed by atoms with Crippen molar-refractivity contribution >= 4 is 11.6 Å². The van der Waals surface area contributed by atoms with E-state index in [2.05, 4.69) is 4.74 Å². The second-order valence-electron chi connectivity index (χ2n) is 3.41. The van der Waals surface area contributed by atoms with Crippen molar-refractivity contribution in [2.45, 2.75) is 26.4 Å². The van der Waals surface area contributed by atoms with Gasteiger partial charge in [-0.2, -0.15) is 13.2 Å². The van der Waals surface area contributed by atoms with Gasteiger partial charge in [0.1, 0.15) is 6.61 Å². The first-order chi connectivity index (χ1) is 5.83. The van der Waals surface area contributed by atoms with Crippen LogP contribution in [0.1, 0.15) is 20.3 Å². The van der Waals surface area contributed by atoms with E-state index in [0.717, 1.165) is 0 Å². The Labute approximate surface area is 81.2 Å². The van der Waals surface area contributed by atoms with Crippen LogP contribution in [0, 0.1) is 5.41 Å². The van der Waals surface area contributed by atoms with Crippen molar-refractivity contribution in [1.29, 1.82) is 0 Å². The summed E-state index contributed by atoms with van der Waals surface area (Å²) in [7, 11) is 0. The van der Waals surface area contributed by atoms with Crippen LogP contribution in [0.25, 0.3) is 0 Å². The highest BCUT2D eigenvalue weighted by Gasteiger charge is 2.29. The zero-order valence-electron chi connectivity index (χ0n) is 7.75. The first-order valence-electron chi connectivity index (χ1n) is 4.03. The Morgan fingerprint density at radius 3 is 2.08 bits per heavy atom. The molecule has 0 spiro atoms. The van der Waals surface area contributed by atoms with E-state index >= 15 is 0 Å². The monoisotopic (exact) mass is 218 g/mol. The van der Waals surface area contributed by atoms with Crippen molar-refractivity contribution in [2.24, 2.45) is 5.41 Å². The third kappa shape index (κ3) is 6.16. The average molecular weight is 219 g/mol. The van der Waals surface area contributed by atoms with Crippen LogP contribution in [0.4, 0.5) is 13.2 Å². The lowest BCUT2D eigenvalue weighted by atomic mass is 9.91. The normalized spacial score (nSPS) is 17.1. The van der Waals surface area contributed by atoms with Crippen LogP contribution < -0.4 is 0 Å². The maximum Gasteiger partial charge on any atom is 0.411 e. The Bertz CT molecular complexity index is 143. The molecule has 0 saturated carbocycles. The van der Waals surface area contributed by atoms with E-state index in [1.807, 2.05) is 6.92 Å². The molecule has 0 aliphatic rings. The summed E-state index contributed by atoms with van der Waals surface area (Å²) in [6, 6.07) is 0. The van der Waals surface area contributed by atoms with E-state index in [-0.39, 0.29) is 12.0 Å². The molecule has 0 amide bonds. The van der Waals surface area contributed by atoms with Crippen molar-refractivity contribution in [3.63, 3.8) is 0 Å². The topological polar surface area (TPSA) is 9.23 Å². The molecular weight excluding hydrogens is 205 g/mol. The average Bonchev–Trinajstić information content (AvgIpc) is 2.02. The Kier molecular flexibility index (Phi) is 5.07. The van der Waals surface area contributed by atoms with E-state index < -0.39 is 12.8 Å². The molecule has 0 bridgehead atoms. The molecule has 0 N–H and O–H groups in total. The molecule has 0 aromatic rings. The number of rotatable bonds is 5. The minimum atomic E-state index is -4.25. The minimum Gasteiger partial charge on any atom is -0.371 e. The molecule has 0 rings (SSSR count). The van der Waals surface area contributed by atoms with Crippen LogP contribution in [0.15, 0.2) is 0 Å². The van der Waals surface area contributed by atoms with Gasteiger partial charge in [0, 0.05) is 11.3 Å². The molecule has 0 aromatic heterocycles. The molecule has 0 aliphatic carbocycles. The van der Waals surface area contributed by atoms with Crippen LogP contribution in [0.5, 0.6) is 0 Å². The van der Waals surface area contributed by atoms with Gasteiger partial charge in [0.2, 0.25) is 0 Å². The fourth-order valence-electron chi connectivity index (χ4n) is 0.648. The SMILES string of the molecule is CCC(C)(CCl)COCC(F)(F)F. The molecule has 0 saturated heterocycles. The summed E-state index contributed by atoms with van der Waals surface area (Å²) in [5.74, 6) is 0.307. The van der Waals surface area contributed by atoms with Gasteiger partial charge in [-0.15, -0.1) is 11.6 Å². The summed E-state index contributed by atoms with van der Waals surface area (Å²) >= 11 is 5.60. The number of hydrogen-bond donors (Lipinski definition) is 0. The maximum absolute atomic E-state index is 11.7. The molecular formula is C8H14ClF3O. The van der Waals surface area contributed by atoms with E-state index in [0.29, 0.717) is 12.3 Å². The third-order valence-electron chi connectivity index (χ3n) is 1.89. The number of hydrogen-bond acceptors (Lipinski definition) is 1. The van der Waals surface area contributed by atoms with Crippen LogP contribution >= 0.6 is 11.6 Å². The molecule has 1 atom stereocenters. The lowest BCUT2D eigenvalue weighted by Gasteiger charge is -2.25. The molecule has 0 aliphatic heterocycles. The molecule has 0 aromatic carbocycles. The zero-order valence-corrected chi connectivity index (χ0v) is 8.50. The van der Waals surface area contributed by atoms with Gasteiger partial charge in [0.15, 0.2) is 0 Å². The van der Waals surface area contributed by atoms with Crippen LogP contribution in [-0.2, 0) is 4.74 Å². The van der Waals surface area contributed by atoms with Gasteiger partial charge in [0.25, 0.3) is 0 Å². The summed E-state index contributed by atoms with van der Waals surface area (Å²) in [4.78, 5) is 0. The van der Waals surface area contributed by atoms with Gasteiger partial charge in [-0.25, -0.2) is 0 Å². The van der Waals surface area contributed by atoms with Crippen molar-refractivity contribution in [1.82, 2.24) is 0 Å². The first-order valence-corrected chi connectivity index (χ1v) is 4.57. The third-order valence-corrected chi connectivity index (χ3v) is 2.54. The fraction of sp³-hybridized carbons (Fsp3) is 1.00. The summed E-state index contributed by atoms with van der Waals surface area (Å²) in [5.41, 5.74) is -0.354. The summed E-state index contributed by atoms with van der Waals surface area (Å²) in [6.45, 7) is 2.53. The number of halogens is 4. The molecule has 0 radical (unpaired) electrons. The lowest BCUT2D eigenvalue weighted by Crippen LogP contribution is -2.28. The van der Waals surface area contributed by atoms with Crippen molar-refractivity contribution in [3.8, 4) is 0 Å². The van der Waals surface area contributed by atoms with Crippen molar-refractivity contribution in [2.75, 3.05) is 19.1 Å². The van der Waals surface area contributed by atoms with E-state index in [4.69, 9.17) is 11.6 Å². The molecule has 5 heteroatoms. The smallest absolute Gasteiger partial charge is 0.371 e. The number of alkyl halides is 4. The second kappa shape index (κ2) is 5.05. The van der Waals surface area contributed by atoms with Gasteiger partial charge in [-0.3, -0.25) is 0 Å². The molecule has 0 heterocycles. The predicted molar refractivity (Wildman–Crippen MR) is 46.0 cm³/mol.